The number of benzene rings is 1. The van der Waals surface area contributed by atoms with E-state index in [0.717, 1.165) is 21.5 Å². The fourth-order valence-electron chi connectivity index (χ4n) is 2.02. The molecule has 1 aromatic carbocycles. The largest absolute Gasteiger partial charge is 0.385 e. The lowest BCUT2D eigenvalue weighted by atomic mass is 9.93. The molecular weight excluding hydrogens is 316 g/mol. The summed E-state index contributed by atoms with van der Waals surface area (Å²) in [6.45, 7) is 4.45. The summed E-state index contributed by atoms with van der Waals surface area (Å²) < 4.78 is 0.999. The van der Waals surface area contributed by atoms with Gasteiger partial charge in [-0.05, 0) is 53.9 Å². The standard InChI is InChI=1S/C16H19BrN2O/c1-12-14(17)8-9-15(19-12)18-11-10-16(2,20)13-6-4-3-5-7-13/h3-9,20H,10-11H2,1-2H3,(H,18,19). The molecule has 0 amide bonds. The number of anilines is 1. The van der Waals surface area contributed by atoms with Crippen molar-refractivity contribution in [3.63, 3.8) is 0 Å². The zero-order valence-corrected chi connectivity index (χ0v) is 13.3. The van der Waals surface area contributed by atoms with Gasteiger partial charge in [0.2, 0.25) is 0 Å². The van der Waals surface area contributed by atoms with Gasteiger partial charge in [0.1, 0.15) is 5.82 Å². The van der Waals surface area contributed by atoms with Crippen LogP contribution >= 0.6 is 15.9 Å². The Hall–Kier alpha value is -1.39. The molecule has 106 valence electrons. The van der Waals surface area contributed by atoms with Gasteiger partial charge in [0, 0.05) is 11.0 Å². The van der Waals surface area contributed by atoms with Gasteiger partial charge < -0.3 is 10.4 Å². The maximum Gasteiger partial charge on any atom is 0.126 e. The van der Waals surface area contributed by atoms with E-state index >= 15 is 0 Å². The van der Waals surface area contributed by atoms with Crippen LogP contribution in [-0.4, -0.2) is 16.6 Å². The van der Waals surface area contributed by atoms with Gasteiger partial charge in [0.15, 0.2) is 0 Å². The topological polar surface area (TPSA) is 45.2 Å². The van der Waals surface area contributed by atoms with Crippen LogP contribution in [0.2, 0.25) is 0 Å². The van der Waals surface area contributed by atoms with Gasteiger partial charge in [-0.25, -0.2) is 4.98 Å². The number of hydrogen-bond donors (Lipinski definition) is 2. The van der Waals surface area contributed by atoms with Crippen LogP contribution in [0.15, 0.2) is 46.9 Å². The molecule has 0 saturated heterocycles. The van der Waals surface area contributed by atoms with Crippen molar-refractivity contribution in [3.05, 3.63) is 58.2 Å². The number of pyridine rings is 1. The monoisotopic (exact) mass is 334 g/mol. The summed E-state index contributed by atoms with van der Waals surface area (Å²) in [7, 11) is 0. The first-order chi connectivity index (χ1) is 9.49. The Labute approximate surface area is 128 Å². The molecule has 0 saturated carbocycles. The average molecular weight is 335 g/mol. The molecule has 1 heterocycles. The molecule has 0 radical (unpaired) electrons. The summed E-state index contributed by atoms with van der Waals surface area (Å²) in [4.78, 5) is 4.43. The lowest BCUT2D eigenvalue weighted by molar-refractivity contribution is 0.0515. The Kier molecular flexibility index (Phi) is 4.78. The van der Waals surface area contributed by atoms with Crippen molar-refractivity contribution in [3.8, 4) is 0 Å². The van der Waals surface area contributed by atoms with Crippen LogP contribution in [0, 0.1) is 6.92 Å². The van der Waals surface area contributed by atoms with E-state index < -0.39 is 5.60 Å². The van der Waals surface area contributed by atoms with Crippen molar-refractivity contribution in [1.29, 1.82) is 0 Å². The fourth-order valence-corrected chi connectivity index (χ4v) is 2.24. The van der Waals surface area contributed by atoms with E-state index in [1.165, 1.54) is 0 Å². The molecular formula is C16H19BrN2O. The fraction of sp³-hybridized carbons (Fsp3) is 0.312. The molecule has 20 heavy (non-hydrogen) atoms. The first-order valence-electron chi connectivity index (χ1n) is 6.64. The zero-order valence-electron chi connectivity index (χ0n) is 11.7. The molecule has 1 atom stereocenters. The predicted molar refractivity (Wildman–Crippen MR) is 85.8 cm³/mol. The molecule has 0 aliphatic rings. The second kappa shape index (κ2) is 6.37. The summed E-state index contributed by atoms with van der Waals surface area (Å²) in [5.41, 5.74) is 1.05. The second-order valence-electron chi connectivity index (χ2n) is 5.08. The highest BCUT2D eigenvalue weighted by molar-refractivity contribution is 9.10. The van der Waals surface area contributed by atoms with Crippen molar-refractivity contribution < 1.29 is 5.11 Å². The molecule has 1 aromatic heterocycles. The molecule has 0 bridgehead atoms. The van der Waals surface area contributed by atoms with Gasteiger partial charge in [0.25, 0.3) is 0 Å². The number of halogens is 1. The number of aliphatic hydroxyl groups is 1. The summed E-state index contributed by atoms with van der Waals surface area (Å²) in [6.07, 6.45) is 0.619. The lowest BCUT2D eigenvalue weighted by Gasteiger charge is -2.24. The van der Waals surface area contributed by atoms with Gasteiger partial charge in [0.05, 0.1) is 11.3 Å². The van der Waals surface area contributed by atoms with Crippen LogP contribution in [0.3, 0.4) is 0 Å². The Morgan fingerprint density at radius 3 is 2.55 bits per heavy atom. The number of rotatable bonds is 5. The van der Waals surface area contributed by atoms with E-state index in [9.17, 15) is 5.11 Å². The Morgan fingerprint density at radius 2 is 1.90 bits per heavy atom. The van der Waals surface area contributed by atoms with Crippen molar-refractivity contribution in [1.82, 2.24) is 4.98 Å². The molecule has 0 spiro atoms. The van der Waals surface area contributed by atoms with E-state index in [2.05, 4.69) is 26.2 Å². The molecule has 0 aliphatic carbocycles. The predicted octanol–water partition coefficient (Wildman–Crippen LogP) is 3.86. The van der Waals surface area contributed by atoms with Crippen LogP contribution in [-0.2, 0) is 5.60 Å². The van der Waals surface area contributed by atoms with Crippen LogP contribution in [0.4, 0.5) is 5.82 Å². The minimum atomic E-state index is -0.835. The van der Waals surface area contributed by atoms with E-state index in [-0.39, 0.29) is 0 Å². The van der Waals surface area contributed by atoms with Gasteiger partial charge >= 0.3 is 0 Å². The number of nitrogens with zero attached hydrogens (tertiary/aromatic N) is 1. The van der Waals surface area contributed by atoms with Crippen LogP contribution in [0.1, 0.15) is 24.6 Å². The minimum Gasteiger partial charge on any atom is -0.385 e. The Balaban J connectivity index is 1.93. The van der Waals surface area contributed by atoms with Crippen LogP contribution in [0.5, 0.6) is 0 Å². The van der Waals surface area contributed by atoms with E-state index in [0.29, 0.717) is 13.0 Å². The van der Waals surface area contributed by atoms with Crippen LogP contribution in [0.25, 0.3) is 0 Å². The normalized spacial score (nSPS) is 13.8. The first kappa shape index (κ1) is 15.0. The van der Waals surface area contributed by atoms with Crippen molar-refractivity contribution in [2.75, 3.05) is 11.9 Å². The summed E-state index contributed by atoms with van der Waals surface area (Å²) in [5.74, 6) is 0.828. The first-order valence-corrected chi connectivity index (χ1v) is 7.43. The highest BCUT2D eigenvalue weighted by Crippen LogP contribution is 2.24. The molecule has 1 unspecified atom stereocenters. The van der Waals surface area contributed by atoms with Crippen molar-refractivity contribution >= 4 is 21.7 Å². The quantitative estimate of drug-likeness (QED) is 0.872. The smallest absolute Gasteiger partial charge is 0.126 e. The third-order valence-electron chi connectivity index (χ3n) is 3.33. The third kappa shape index (κ3) is 3.81. The molecule has 3 nitrogen and oxygen atoms in total. The number of hydrogen-bond acceptors (Lipinski definition) is 3. The zero-order chi connectivity index (χ0) is 14.6. The van der Waals surface area contributed by atoms with E-state index in [1.807, 2.05) is 56.3 Å². The molecule has 0 fully saturated rings. The number of aryl methyl sites for hydroxylation is 1. The molecule has 2 aromatic rings. The summed E-state index contributed by atoms with van der Waals surface area (Å²) >= 11 is 3.43. The van der Waals surface area contributed by atoms with Crippen molar-refractivity contribution in [2.45, 2.75) is 25.9 Å². The van der Waals surface area contributed by atoms with Gasteiger partial charge in [-0.15, -0.1) is 0 Å². The number of nitrogens with one attached hydrogen (secondary N) is 1. The highest BCUT2D eigenvalue weighted by Gasteiger charge is 2.21. The lowest BCUT2D eigenvalue weighted by Crippen LogP contribution is -2.24. The van der Waals surface area contributed by atoms with Gasteiger partial charge in [-0.2, -0.15) is 0 Å². The van der Waals surface area contributed by atoms with Crippen molar-refractivity contribution in [2.24, 2.45) is 0 Å². The Morgan fingerprint density at radius 1 is 1.20 bits per heavy atom. The molecule has 4 heteroatoms. The van der Waals surface area contributed by atoms with Gasteiger partial charge in [-0.3, -0.25) is 0 Å². The summed E-state index contributed by atoms with van der Waals surface area (Å²) in [6, 6.07) is 13.6. The number of aromatic nitrogens is 1. The maximum atomic E-state index is 10.5. The van der Waals surface area contributed by atoms with E-state index in [1.54, 1.807) is 0 Å². The average Bonchev–Trinajstić information content (AvgIpc) is 2.44. The van der Waals surface area contributed by atoms with Crippen LogP contribution < -0.4 is 5.32 Å². The van der Waals surface area contributed by atoms with E-state index in [4.69, 9.17) is 0 Å². The molecule has 2 rings (SSSR count). The molecule has 2 N–H and O–H groups in total. The minimum absolute atomic E-state index is 0.619. The third-order valence-corrected chi connectivity index (χ3v) is 4.17. The maximum absolute atomic E-state index is 10.5. The van der Waals surface area contributed by atoms with Gasteiger partial charge in [-0.1, -0.05) is 30.3 Å². The Bertz CT molecular complexity index is 570. The summed E-state index contributed by atoms with van der Waals surface area (Å²) in [5, 5.41) is 13.7. The SMILES string of the molecule is Cc1nc(NCCC(C)(O)c2ccccc2)ccc1Br. The molecule has 0 aliphatic heterocycles. The second-order valence-corrected chi connectivity index (χ2v) is 5.93. The highest BCUT2D eigenvalue weighted by atomic mass is 79.9.